The molecule has 1 aromatic heterocycles. The summed E-state index contributed by atoms with van der Waals surface area (Å²) in [5.41, 5.74) is 0. The molecular formula is C13H22N2O. The zero-order chi connectivity index (χ0) is 11.1. The number of furan rings is 1. The second kappa shape index (κ2) is 6.71. The molecule has 0 unspecified atom stereocenters. The van der Waals surface area contributed by atoms with E-state index >= 15 is 0 Å². The molecule has 1 aliphatic rings. The van der Waals surface area contributed by atoms with Gasteiger partial charge in [0.25, 0.3) is 0 Å². The Morgan fingerprint density at radius 2 is 2.06 bits per heavy atom. The molecule has 0 amide bonds. The molecule has 3 nitrogen and oxygen atoms in total. The van der Waals surface area contributed by atoms with Crippen LogP contribution in [-0.4, -0.2) is 25.7 Å². The van der Waals surface area contributed by atoms with Gasteiger partial charge in [0.1, 0.15) is 5.76 Å². The molecule has 2 N–H and O–H groups in total. The second-order valence-corrected chi connectivity index (χ2v) is 4.51. The molecule has 1 heterocycles. The van der Waals surface area contributed by atoms with Crippen molar-refractivity contribution >= 4 is 0 Å². The van der Waals surface area contributed by atoms with Gasteiger partial charge in [-0.3, -0.25) is 0 Å². The quantitative estimate of drug-likeness (QED) is 0.692. The van der Waals surface area contributed by atoms with Crippen LogP contribution in [0.4, 0.5) is 0 Å². The molecule has 0 radical (unpaired) electrons. The van der Waals surface area contributed by atoms with Crippen molar-refractivity contribution in [3.8, 4) is 0 Å². The summed E-state index contributed by atoms with van der Waals surface area (Å²) in [7, 11) is 0. The predicted molar refractivity (Wildman–Crippen MR) is 65.5 cm³/mol. The van der Waals surface area contributed by atoms with Crippen LogP contribution in [0.3, 0.4) is 0 Å². The Morgan fingerprint density at radius 1 is 1.19 bits per heavy atom. The first-order valence-corrected chi connectivity index (χ1v) is 6.41. The molecule has 0 spiro atoms. The molecule has 90 valence electrons. The van der Waals surface area contributed by atoms with Gasteiger partial charge in [0, 0.05) is 32.1 Å². The van der Waals surface area contributed by atoms with E-state index in [0.29, 0.717) is 0 Å². The lowest BCUT2D eigenvalue weighted by Gasteiger charge is -2.11. The van der Waals surface area contributed by atoms with Gasteiger partial charge in [0.15, 0.2) is 0 Å². The lowest BCUT2D eigenvalue weighted by Crippen LogP contribution is -2.34. The van der Waals surface area contributed by atoms with E-state index in [9.17, 15) is 0 Å². The van der Waals surface area contributed by atoms with Gasteiger partial charge in [-0.1, -0.05) is 12.8 Å². The summed E-state index contributed by atoms with van der Waals surface area (Å²) in [6.45, 7) is 3.14. The Morgan fingerprint density at radius 3 is 2.81 bits per heavy atom. The standard InChI is InChI=1S/C13H22N2O/c1-2-5-12(4-1)15-10-9-14-8-7-13-6-3-11-16-13/h3,6,11-12,14-15H,1-2,4-5,7-10H2. The Balaban J connectivity index is 1.43. The average Bonchev–Trinajstić information content (AvgIpc) is 2.96. The fourth-order valence-corrected chi connectivity index (χ4v) is 2.29. The van der Waals surface area contributed by atoms with Gasteiger partial charge < -0.3 is 15.1 Å². The largest absolute Gasteiger partial charge is 0.469 e. The van der Waals surface area contributed by atoms with Gasteiger partial charge in [0.05, 0.1) is 6.26 Å². The summed E-state index contributed by atoms with van der Waals surface area (Å²) in [5, 5.41) is 7.01. The highest BCUT2D eigenvalue weighted by Crippen LogP contribution is 2.16. The van der Waals surface area contributed by atoms with E-state index < -0.39 is 0 Å². The lowest BCUT2D eigenvalue weighted by molar-refractivity contribution is 0.485. The zero-order valence-electron chi connectivity index (χ0n) is 9.87. The molecule has 1 saturated carbocycles. The van der Waals surface area contributed by atoms with Crippen LogP contribution in [-0.2, 0) is 6.42 Å². The van der Waals surface area contributed by atoms with E-state index in [1.165, 1.54) is 25.7 Å². The third kappa shape index (κ3) is 3.99. The molecule has 0 aromatic carbocycles. The minimum Gasteiger partial charge on any atom is -0.469 e. The molecule has 1 aromatic rings. The first kappa shape index (κ1) is 11.7. The minimum atomic E-state index is 0.784. The molecule has 0 saturated heterocycles. The number of rotatable bonds is 7. The normalized spacial score (nSPS) is 17.0. The van der Waals surface area contributed by atoms with Crippen molar-refractivity contribution in [1.29, 1.82) is 0 Å². The molecule has 2 rings (SSSR count). The summed E-state index contributed by atoms with van der Waals surface area (Å²) in [5.74, 6) is 1.07. The van der Waals surface area contributed by atoms with Crippen LogP contribution in [0.1, 0.15) is 31.4 Å². The predicted octanol–water partition coefficient (Wildman–Crippen LogP) is 1.94. The fraction of sp³-hybridized carbons (Fsp3) is 0.692. The van der Waals surface area contributed by atoms with Crippen LogP contribution in [0, 0.1) is 0 Å². The van der Waals surface area contributed by atoms with Gasteiger partial charge in [-0.25, -0.2) is 0 Å². The van der Waals surface area contributed by atoms with Crippen molar-refractivity contribution in [2.24, 2.45) is 0 Å². The van der Waals surface area contributed by atoms with E-state index in [-0.39, 0.29) is 0 Å². The van der Waals surface area contributed by atoms with E-state index in [1.807, 2.05) is 12.1 Å². The Hall–Kier alpha value is -0.800. The Bertz CT molecular complexity index is 265. The third-order valence-electron chi connectivity index (χ3n) is 3.22. The van der Waals surface area contributed by atoms with Crippen LogP contribution >= 0.6 is 0 Å². The molecule has 0 bridgehead atoms. The van der Waals surface area contributed by atoms with Crippen LogP contribution in [0.2, 0.25) is 0 Å². The van der Waals surface area contributed by atoms with E-state index in [0.717, 1.165) is 37.9 Å². The van der Waals surface area contributed by atoms with E-state index in [1.54, 1.807) is 6.26 Å². The number of hydrogen-bond acceptors (Lipinski definition) is 3. The summed E-state index contributed by atoms with van der Waals surface area (Å²) < 4.78 is 5.27. The van der Waals surface area contributed by atoms with Crippen LogP contribution in [0.15, 0.2) is 22.8 Å². The maximum Gasteiger partial charge on any atom is 0.105 e. The van der Waals surface area contributed by atoms with Crippen LogP contribution in [0.5, 0.6) is 0 Å². The summed E-state index contributed by atoms with van der Waals surface area (Å²) in [6, 6.07) is 4.75. The third-order valence-corrected chi connectivity index (χ3v) is 3.22. The van der Waals surface area contributed by atoms with Crippen LogP contribution < -0.4 is 10.6 Å². The van der Waals surface area contributed by atoms with Crippen molar-refractivity contribution in [1.82, 2.24) is 10.6 Å². The monoisotopic (exact) mass is 222 g/mol. The zero-order valence-corrected chi connectivity index (χ0v) is 9.87. The number of nitrogens with one attached hydrogen (secondary N) is 2. The average molecular weight is 222 g/mol. The smallest absolute Gasteiger partial charge is 0.105 e. The van der Waals surface area contributed by atoms with Gasteiger partial charge in [0.2, 0.25) is 0 Å². The minimum absolute atomic E-state index is 0.784. The van der Waals surface area contributed by atoms with E-state index in [2.05, 4.69) is 10.6 Å². The van der Waals surface area contributed by atoms with Gasteiger partial charge in [-0.15, -0.1) is 0 Å². The maximum absolute atomic E-state index is 5.27. The van der Waals surface area contributed by atoms with Gasteiger partial charge in [-0.05, 0) is 25.0 Å². The van der Waals surface area contributed by atoms with Crippen molar-refractivity contribution in [3.05, 3.63) is 24.2 Å². The molecule has 3 heteroatoms. The maximum atomic E-state index is 5.27. The SMILES string of the molecule is c1coc(CCNCCNC2CCCC2)c1. The first-order valence-electron chi connectivity index (χ1n) is 6.41. The molecule has 1 aliphatic carbocycles. The molecule has 0 atom stereocenters. The van der Waals surface area contributed by atoms with Crippen LogP contribution in [0.25, 0.3) is 0 Å². The summed E-state index contributed by atoms with van der Waals surface area (Å²) in [4.78, 5) is 0. The Kier molecular flexibility index (Phi) is 4.90. The topological polar surface area (TPSA) is 37.2 Å². The van der Waals surface area contributed by atoms with Crippen molar-refractivity contribution in [2.45, 2.75) is 38.1 Å². The molecule has 0 aliphatic heterocycles. The highest BCUT2D eigenvalue weighted by atomic mass is 16.3. The number of hydrogen-bond donors (Lipinski definition) is 2. The van der Waals surface area contributed by atoms with Gasteiger partial charge >= 0.3 is 0 Å². The first-order chi connectivity index (χ1) is 7.95. The second-order valence-electron chi connectivity index (χ2n) is 4.51. The molecule has 16 heavy (non-hydrogen) atoms. The Labute approximate surface area is 97.6 Å². The fourth-order valence-electron chi connectivity index (χ4n) is 2.29. The van der Waals surface area contributed by atoms with Crippen molar-refractivity contribution < 1.29 is 4.42 Å². The van der Waals surface area contributed by atoms with Crippen molar-refractivity contribution in [3.63, 3.8) is 0 Å². The van der Waals surface area contributed by atoms with Gasteiger partial charge in [-0.2, -0.15) is 0 Å². The van der Waals surface area contributed by atoms with Crippen molar-refractivity contribution in [2.75, 3.05) is 19.6 Å². The summed E-state index contributed by atoms with van der Waals surface area (Å²) >= 11 is 0. The highest BCUT2D eigenvalue weighted by molar-refractivity contribution is 4.98. The lowest BCUT2D eigenvalue weighted by atomic mass is 10.2. The summed E-state index contributed by atoms with van der Waals surface area (Å²) in [6.07, 6.45) is 8.26. The highest BCUT2D eigenvalue weighted by Gasteiger charge is 2.12. The molecule has 1 fully saturated rings. The molecular weight excluding hydrogens is 200 g/mol. The van der Waals surface area contributed by atoms with E-state index in [4.69, 9.17) is 4.42 Å².